The Hall–Kier alpha value is -4.96. The monoisotopic (exact) mass is 722 g/mol. The Morgan fingerprint density at radius 1 is 0.510 bits per heavy atom. The molecule has 0 fully saturated rings. The lowest BCUT2D eigenvalue weighted by molar-refractivity contribution is -0.288. The van der Waals surface area contributed by atoms with Gasteiger partial charge in [-0.25, -0.2) is 0 Å². The lowest BCUT2D eigenvalue weighted by atomic mass is 9.72. The molecule has 256 valence electrons. The molecule has 6 rings (SSSR count). The second-order valence-electron chi connectivity index (χ2n) is 11.2. The summed E-state index contributed by atoms with van der Waals surface area (Å²) in [5, 5.41) is -1.41. The van der Waals surface area contributed by atoms with Crippen molar-refractivity contribution in [3.05, 3.63) is 119 Å². The Labute approximate surface area is 275 Å². The van der Waals surface area contributed by atoms with Gasteiger partial charge in [-0.05, 0) is 50.2 Å². The summed E-state index contributed by atoms with van der Waals surface area (Å²) in [4.78, 5) is 3.48. The van der Waals surface area contributed by atoms with Crippen LogP contribution in [-0.2, 0) is 25.7 Å². The Balaban J connectivity index is 1.72. The van der Waals surface area contributed by atoms with Gasteiger partial charge in [0.2, 0.25) is 17.2 Å². The van der Waals surface area contributed by atoms with Gasteiger partial charge in [0.25, 0.3) is 0 Å². The average Bonchev–Trinajstić information content (AvgIpc) is 3.54. The van der Waals surface area contributed by atoms with Crippen molar-refractivity contribution in [2.75, 3.05) is 0 Å². The molecule has 49 heavy (non-hydrogen) atoms. The van der Waals surface area contributed by atoms with Crippen molar-refractivity contribution >= 4 is 42.0 Å². The molecule has 0 spiro atoms. The zero-order valence-electron chi connectivity index (χ0n) is 25.3. The molecule has 0 amide bonds. The first-order chi connectivity index (χ1) is 22.9. The van der Waals surface area contributed by atoms with E-state index in [-0.39, 0.29) is 11.0 Å². The van der Waals surface area contributed by atoms with Gasteiger partial charge < -0.3 is 18.3 Å². The highest BCUT2D eigenvalue weighted by Gasteiger charge is 2.76. The second kappa shape index (κ2) is 11.6. The van der Waals surface area contributed by atoms with Crippen LogP contribution < -0.4 is 8.37 Å². The average molecular weight is 723 g/mol. The van der Waals surface area contributed by atoms with Gasteiger partial charge in [0.05, 0.1) is 11.1 Å². The normalized spacial score (nSPS) is 13.2. The van der Waals surface area contributed by atoms with Crippen molar-refractivity contribution in [1.29, 1.82) is 0 Å². The minimum absolute atomic E-state index is 0.334. The highest BCUT2D eigenvalue weighted by molar-refractivity contribution is 7.87. The number of rotatable bonds is 8. The Morgan fingerprint density at radius 2 is 0.837 bits per heavy atom. The van der Waals surface area contributed by atoms with Gasteiger partial charge in [0.1, 0.15) is 9.79 Å². The number of benzene rings is 4. The van der Waals surface area contributed by atoms with Gasteiger partial charge in [-0.3, -0.25) is 0 Å². The number of H-pyrrole nitrogens is 2. The minimum atomic E-state index is -6.33. The maximum Gasteiger partial charge on any atom is 0.411 e. The fourth-order valence-electron chi connectivity index (χ4n) is 5.68. The molecule has 0 aliphatic rings. The fraction of sp³-hybridized carbons (Fsp3) is 0.152. The van der Waals surface area contributed by atoms with Crippen molar-refractivity contribution in [2.45, 2.75) is 41.4 Å². The standard InChI is InChI=1S/C33H24F6N2O6S2/c1-19-11-15-21(16-12-19)48(42,43)46-29-27(23-7-3-5-9-25(23)40-29)31(32(34,35)36,33(37,38)39)28-24-8-4-6-10-26(24)41-30(28)47-49(44,45)22-17-13-20(2)14-18-22/h3-18,40-41H,1-2H3. The molecule has 4 aromatic carbocycles. The van der Waals surface area contributed by atoms with Crippen LogP contribution in [0.1, 0.15) is 22.3 Å². The van der Waals surface area contributed by atoms with Crippen LogP contribution in [0.2, 0.25) is 0 Å². The number of nitrogens with one attached hydrogen (secondary N) is 2. The maximum absolute atomic E-state index is 15.9. The topological polar surface area (TPSA) is 118 Å². The van der Waals surface area contributed by atoms with E-state index in [1.165, 1.54) is 36.4 Å². The van der Waals surface area contributed by atoms with Crippen molar-refractivity contribution in [3.63, 3.8) is 0 Å². The SMILES string of the molecule is Cc1ccc(S(=O)(=O)Oc2[nH]c3ccccc3c2C(c2c(OS(=O)(=O)c3ccc(C)cc3)[nH]c3ccccc23)(C(F)(F)F)C(F)(F)F)cc1. The maximum atomic E-state index is 15.9. The third-order valence-electron chi connectivity index (χ3n) is 7.95. The highest BCUT2D eigenvalue weighted by Crippen LogP contribution is 2.63. The molecule has 0 bridgehead atoms. The van der Waals surface area contributed by atoms with Crippen molar-refractivity contribution in [3.8, 4) is 11.8 Å². The van der Waals surface area contributed by atoms with Crippen LogP contribution in [0, 0.1) is 13.8 Å². The van der Waals surface area contributed by atoms with Gasteiger partial charge in [-0.15, -0.1) is 0 Å². The van der Waals surface area contributed by atoms with E-state index in [9.17, 15) is 16.8 Å². The summed E-state index contributed by atoms with van der Waals surface area (Å²) in [5.41, 5.74) is -7.95. The summed E-state index contributed by atoms with van der Waals surface area (Å²) in [6.45, 7) is 3.27. The van der Waals surface area contributed by atoms with E-state index in [4.69, 9.17) is 8.37 Å². The molecule has 0 aliphatic heterocycles. The summed E-state index contributed by atoms with van der Waals surface area (Å²) in [6.07, 6.45) is -12.7. The minimum Gasteiger partial charge on any atom is -0.360 e. The van der Waals surface area contributed by atoms with Crippen LogP contribution in [0.3, 0.4) is 0 Å². The first kappa shape index (κ1) is 33.9. The smallest absolute Gasteiger partial charge is 0.360 e. The second-order valence-corrected chi connectivity index (χ2v) is 14.3. The zero-order chi connectivity index (χ0) is 35.6. The van der Waals surface area contributed by atoms with Gasteiger partial charge in [-0.1, -0.05) is 71.8 Å². The summed E-state index contributed by atoms with van der Waals surface area (Å²) < 4.78 is 159. The van der Waals surface area contributed by atoms with E-state index < -0.39 is 81.5 Å². The summed E-state index contributed by atoms with van der Waals surface area (Å²) in [7, 11) is -10.1. The molecule has 0 atom stereocenters. The van der Waals surface area contributed by atoms with E-state index >= 15 is 26.3 Å². The molecule has 0 aliphatic carbocycles. The molecular weight excluding hydrogens is 698 g/mol. The predicted octanol–water partition coefficient (Wildman–Crippen LogP) is 8.21. The van der Waals surface area contributed by atoms with E-state index in [1.54, 1.807) is 13.8 Å². The van der Waals surface area contributed by atoms with Crippen molar-refractivity contribution in [2.24, 2.45) is 0 Å². The summed E-state index contributed by atoms with van der Waals surface area (Å²) in [6, 6.07) is 18.8. The molecule has 16 heteroatoms. The number of alkyl halides is 6. The number of aromatic nitrogens is 2. The third kappa shape index (κ3) is 5.67. The lowest BCUT2D eigenvalue weighted by Crippen LogP contribution is -2.55. The van der Waals surface area contributed by atoms with E-state index in [0.29, 0.717) is 11.1 Å². The van der Waals surface area contributed by atoms with Crippen LogP contribution in [-0.4, -0.2) is 39.2 Å². The van der Waals surface area contributed by atoms with Crippen LogP contribution in [0.15, 0.2) is 107 Å². The molecular formula is C33H24F6N2O6S2. The Kier molecular flexibility index (Phi) is 8.02. The number of halogens is 6. The van der Waals surface area contributed by atoms with Crippen molar-refractivity contribution < 1.29 is 51.5 Å². The quantitative estimate of drug-likeness (QED) is 0.121. The van der Waals surface area contributed by atoms with E-state index in [0.717, 1.165) is 60.7 Å². The lowest BCUT2D eigenvalue weighted by Gasteiger charge is -2.38. The van der Waals surface area contributed by atoms with Gasteiger partial charge in [0.15, 0.2) is 0 Å². The van der Waals surface area contributed by atoms with Gasteiger partial charge in [0, 0.05) is 21.8 Å². The number of para-hydroxylation sites is 2. The van der Waals surface area contributed by atoms with Gasteiger partial charge >= 0.3 is 32.6 Å². The fourth-order valence-corrected chi connectivity index (χ4v) is 7.50. The van der Waals surface area contributed by atoms with E-state index in [1.807, 2.05) is 0 Å². The Bertz CT molecular complexity index is 2240. The number of aromatic amines is 2. The number of hydrogen-bond acceptors (Lipinski definition) is 6. The highest BCUT2D eigenvalue weighted by atomic mass is 32.2. The Morgan fingerprint density at radius 3 is 1.16 bits per heavy atom. The summed E-state index contributed by atoms with van der Waals surface area (Å²) >= 11 is 0. The number of aryl methyl sites for hydroxylation is 2. The van der Waals surface area contributed by atoms with Gasteiger partial charge in [-0.2, -0.15) is 43.2 Å². The zero-order valence-corrected chi connectivity index (χ0v) is 26.9. The molecule has 0 saturated carbocycles. The number of hydrogen-bond donors (Lipinski definition) is 2. The first-order valence-corrected chi connectivity index (χ1v) is 17.1. The predicted molar refractivity (Wildman–Crippen MR) is 167 cm³/mol. The van der Waals surface area contributed by atoms with Crippen LogP contribution in [0.5, 0.6) is 11.8 Å². The molecule has 0 radical (unpaired) electrons. The largest absolute Gasteiger partial charge is 0.411 e. The van der Waals surface area contributed by atoms with Crippen LogP contribution in [0.25, 0.3) is 21.8 Å². The molecule has 0 unspecified atom stereocenters. The third-order valence-corrected chi connectivity index (χ3v) is 10.4. The first-order valence-electron chi connectivity index (χ1n) is 14.2. The molecule has 2 aromatic heterocycles. The van der Waals surface area contributed by atoms with E-state index in [2.05, 4.69) is 9.97 Å². The molecule has 2 N–H and O–H groups in total. The van der Waals surface area contributed by atoms with Crippen molar-refractivity contribution in [1.82, 2.24) is 9.97 Å². The molecule has 2 heterocycles. The van der Waals surface area contributed by atoms with Crippen LogP contribution >= 0.6 is 0 Å². The van der Waals surface area contributed by atoms with Crippen LogP contribution in [0.4, 0.5) is 26.3 Å². The molecule has 6 aromatic rings. The molecule has 8 nitrogen and oxygen atoms in total. The number of fused-ring (bicyclic) bond motifs is 2. The molecule has 0 saturated heterocycles. The summed E-state index contributed by atoms with van der Waals surface area (Å²) in [5.74, 6) is -2.79.